The average Bonchev–Trinajstić information content (AvgIpc) is 3.31. The van der Waals surface area contributed by atoms with Crippen LogP contribution in [0.4, 0.5) is 0 Å². The second kappa shape index (κ2) is 9.36. The van der Waals surface area contributed by atoms with Gasteiger partial charge >= 0.3 is 5.97 Å². The maximum absolute atomic E-state index is 13.9. The summed E-state index contributed by atoms with van der Waals surface area (Å²) >= 11 is 1.63. The SMILES string of the molecule is C=CCOC(=O)[C@@H]1[C@@H]2CC(C)C3(S2)C(C(=O)N(CC=C)C(C)C)N(CCCO)C(=O)[C@H]13. The molecule has 31 heavy (non-hydrogen) atoms. The first-order valence-electron chi connectivity index (χ1n) is 11.0. The van der Waals surface area contributed by atoms with Gasteiger partial charge in [0.25, 0.3) is 0 Å². The van der Waals surface area contributed by atoms with Gasteiger partial charge in [-0.1, -0.05) is 25.7 Å². The molecule has 3 rings (SSSR count). The molecule has 3 unspecified atom stereocenters. The van der Waals surface area contributed by atoms with Crippen molar-refractivity contribution in [3.05, 3.63) is 25.3 Å². The van der Waals surface area contributed by atoms with Crippen molar-refractivity contribution >= 4 is 29.5 Å². The Labute approximate surface area is 188 Å². The first kappa shape index (κ1) is 23.9. The summed E-state index contributed by atoms with van der Waals surface area (Å²) in [4.78, 5) is 43.9. The molecule has 6 atom stereocenters. The fourth-order valence-corrected chi connectivity index (χ4v) is 8.04. The Hall–Kier alpha value is -1.80. The second-order valence-corrected chi connectivity index (χ2v) is 10.5. The standard InChI is InChI=1S/C23H34N2O5S/c1-6-9-24(14(3)4)21(28)19-23-15(5)13-16(31-23)17(22(29)30-12-7-2)18(23)20(27)25(19)10-8-11-26/h6-7,14-19,26H,1-2,8-13H2,3-5H3/t15?,16-,17+,18-,19?,23?/m0/s1. The van der Waals surface area contributed by atoms with Crippen molar-refractivity contribution in [1.82, 2.24) is 9.80 Å². The van der Waals surface area contributed by atoms with Gasteiger partial charge in [0.05, 0.1) is 16.6 Å². The van der Waals surface area contributed by atoms with Gasteiger partial charge in [-0.15, -0.1) is 18.3 Å². The van der Waals surface area contributed by atoms with Crippen molar-refractivity contribution in [1.29, 1.82) is 0 Å². The zero-order valence-corrected chi connectivity index (χ0v) is 19.5. The van der Waals surface area contributed by atoms with E-state index in [1.807, 2.05) is 13.8 Å². The highest BCUT2D eigenvalue weighted by Gasteiger charge is 2.76. The van der Waals surface area contributed by atoms with E-state index in [0.717, 1.165) is 6.42 Å². The summed E-state index contributed by atoms with van der Waals surface area (Å²) in [5.41, 5.74) is 0. The van der Waals surface area contributed by atoms with E-state index < -0.39 is 22.6 Å². The van der Waals surface area contributed by atoms with Gasteiger partial charge in [-0.25, -0.2) is 0 Å². The van der Waals surface area contributed by atoms with Crippen molar-refractivity contribution in [3.8, 4) is 0 Å². The van der Waals surface area contributed by atoms with Gasteiger partial charge < -0.3 is 19.6 Å². The Balaban J connectivity index is 2.05. The first-order valence-corrected chi connectivity index (χ1v) is 11.9. The molecule has 0 aliphatic carbocycles. The quantitative estimate of drug-likeness (QED) is 0.404. The van der Waals surface area contributed by atoms with Crippen LogP contribution in [0.5, 0.6) is 0 Å². The van der Waals surface area contributed by atoms with Crippen LogP contribution in [-0.4, -0.2) is 81.1 Å². The molecule has 1 N–H and O–H groups in total. The third-order valence-corrected chi connectivity index (χ3v) is 8.96. The number of rotatable bonds is 10. The van der Waals surface area contributed by atoms with Crippen LogP contribution in [0.1, 0.15) is 33.6 Å². The van der Waals surface area contributed by atoms with Crippen molar-refractivity contribution in [2.24, 2.45) is 17.8 Å². The van der Waals surface area contributed by atoms with Crippen LogP contribution in [0.3, 0.4) is 0 Å². The summed E-state index contributed by atoms with van der Waals surface area (Å²) in [6, 6.07) is -0.718. The molecular weight excluding hydrogens is 416 g/mol. The highest BCUT2D eigenvalue weighted by Crippen LogP contribution is 2.68. The minimum absolute atomic E-state index is 0.0385. The maximum atomic E-state index is 13.9. The number of thioether (sulfide) groups is 1. The van der Waals surface area contributed by atoms with E-state index in [4.69, 9.17) is 4.74 Å². The second-order valence-electron chi connectivity index (χ2n) is 8.95. The molecular formula is C23H34N2O5S. The zero-order valence-electron chi connectivity index (χ0n) is 18.7. The Morgan fingerprint density at radius 1 is 1.39 bits per heavy atom. The number of amides is 2. The molecule has 3 aliphatic heterocycles. The molecule has 3 fully saturated rings. The van der Waals surface area contributed by atoms with Gasteiger partial charge in [0.2, 0.25) is 11.8 Å². The van der Waals surface area contributed by atoms with Crippen LogP contribution in [0.25, 0.3) is 0 Å². The smallest absolute Gasteiger partial charge is 0.311 e. The number of hydrogen-bond acceptors (Lipinski definition) is 6. The number of hydrogen-bond donors (Lipinski definition) is 1. The number of carbonyl (C=O) groups is 3. The lowest BCUT2D eigenvalue weighted by Crippen LogP contribution is -2.58. The van der Waals surface area contributed by atoms with E-state index in [9.17, 15) is 19.5 Å². The molecule has 2 amide bonds. The predicted molar refractivity (Wildman–Crippen MR) is 120 cm³/mol. The van der Waals surface area contributed by atoms with Crippen LogP contribution in [-0.2, 0) is 19.1 Å². The fourth-order valence-electron chi connectivity index (χ4n) is 5.64. The third kappa shape index (κ3) is 3.71. The van der Waals surface area contributed by atoms with E-state index in [-0.39, 0.29) is 54.8 Å². The molecule has 8 heteroatoms. The third-order valence-electron chi connectivity index (χ3n) is 6.88. The Morgan fingerprint density at radius 2 is 2.10 bits per heavy atom. The Bertz CT molecular complexity index is 756. The summed E-state index contributed by atoms with van der Waals surface area (Å²) in [6.07, 6.45) is 4.36. The van der Waals surface area contributed by atoms with E-state index in [1.54, 1.807) is 27.6 Å². The summed E-state index contributed by atoms with van der Waals surface area (Å²) in [5.74, 6) is -1.71. The van der Waals surface area contributed by atoms with E-state index >= 15 is 0 Å². The number of likely N-dealkylation sites (tertiary alicyclic amines) is 1. The van der Waals surface area contributed by atoms with E-state index in [1.165, 1.54) is 6.08 Å². The number of ether oxygens (including phenoxy) is 1. The van der Waals surface area contributed by atoms with Gasteiger partial charge in [-0.2, -0.15) is 0 Å². The molecule has 0 aromatic carbocycles. The topological polar surface area (TPSA) is 87.2 Å². The number of aliphatic hydroxyl groups is 1. The highest BCUT2D eigenvalue weighted by molar-refractivity contribution is 8.02. The Morgan fingerprint density at radius 3 is 2.68 bits per heavy atom. The van der Waals surface area contributed by atoms with Gasteiger partial charge in [0, 0.05) is 31.0 Å². The van der Waals surface area contributed by atoms with Crippen LogP contribution in [0.15, 0.2) is 25.3 Å². The van der Waals surface area contributed by atoms with Crippen LogP contribution in [0, 0.1) is 17.8 Å². The van der Waals surface area contributed by atoms with Crippen LogP contribution in [0.2, 0.25) is 0 Å². The molecule has 172 valence electrons. The summed E-state index contributed by atoms with van der Waals surface area (Å²) in [5, 5.41) is 9.37. The van der Waals surface area contributed by atoms with Crippen molar-refractivity contribution in [2.75, 3.05) is 26.3 Å². The first-order chi connectivity index (χ1) is 14.8. The van der Waals surface area contributed by atoms with Gasteiger partial charge in [0.1, 0.15) is 12.6 Å². The monoisotopic (exact) mass is 450 g/mol. The molecule has 0 aromatic rings. The lowest BCUT2D eigenvalue weighted by Gasteiger charge is -2.41. The average molecular weight is 451 g/mol. The predicted octanol–water partition coefficient (Wildman–Crippen LogP) is 1.86. The lowest BCUT2D eigenvalue weighted by molar-refractivity contribution is -0.153. The molecule has 0 saturated carbocycles. The molecule has 2 bridgehead atoms. The molecule has 0 radical (unpaired) electrons. The summed E-state index contributed by atoms with van der Waals surface area (Å²) in [7, 11) is 0. The molecule has 0 aromatic heterocycles. The van der Waals surface area contributed by atoms with Gasteiger partial charge in [-0.3, -0.25) is 14.4 Å². The highest BCUT2D eigenvalue weighted by atomic mass is 32.2. The zero-order chi connectivity index (χ0) is 22.9. The maximum Gasteiger partial charge on any atom is 0.311 e. The number of nitrogens with zero attached hydrogens (tertiary/aromatic N) is 2. The molecule has 7 nitrogen and oxygen atoms in total. The lowest BCUT2D eigenvalue weighted by atomic mass is 9.66. The van der Waals surface area contributed by atoms with Crippen LogP contribution >= 0.6 is 11.8 Å². The number of aliphatic hydroxyl groups excluding tert-OH is 1. The van der Waals surface area contributed by atoms with Crippen molar-refractivity contribution < 1.29 is 24.2 Å². The largest absolute Gasteiger partial charge is 0.461 e. The summed E-state index contributed by atoms with van der Waals surface area (Å²) < 4.78 is 4.70. The minimum Gasteiger partial charge on any atom is -0.461 e. The summed E-state index contributed by atoms with van der Waals surface area (Å²) in [6.45, 7) is 14.1. The van der Waals surface area contributed by atoms with Gasteiger partial charge in [0.15, 0.2) is 0 Å². The molecule has 1 spiro atoms. The molecule has 3 heterocycles. The van der Waals surface area contributed by atoms with Crippen LogP contribution < -0.4 is 0 Å². The fraction of sp³-hybridized carbons (Fsp3) is 0.696. The Kier molecular flexibility index (Phi) is 7.21. The number of carbonyl (C=O) groups excluding carboxylic acids is 3. The molecule has 3 aliphatic rings. The van der Waals surface area contributed by atoms with Crippen molar-refractivity contribution in [2.45, 2.75) is 55.7 Å². The van der Waals surface area contributed by atoms with Crippen molar-refractivity contribution in [3.63, 3.8) is 0 Å². The van der Waals surface area contributed by atoms with Gasteiger partial charge in [-0.05, 0) is 32.6 Å². The van der Waals surface area contributed by atoms with E-state index in [2.05, 4.69) is 20.1 Å². The number of esters is 1. The van der Waals surface area contributed by atoms with E-state index in [0.29, 0.717) is 13.0 Å². The molecule has 3 saturated heterocycles. The number of fused-ring (bicyclic) bond motifs is 1. The minimum atomic E-state index is -0.666. The normalized spacial score (nSPS) is 33.5.